The van der Waals surface area contributed by atoms with Crippen LogP contribution in [0.4, 0.5) is 0 Å². The van der Waals surface area contributed by atoms with E-state index in [-0.39, 0.29) is 30.9 Å². The number of halogens is 1. The summed E-state index contributed by atoms with van der Waals surface area (Å²) in [6, 6.07) is 7.77. The zero-order valence-electron chi connectivity index (χ0n) is 12.7. The van der Waals surface area contributed by atoms with Gasteiger partial charge in [-0.1, -0.05) is 19.1 Å². The van der Waals surface area contributed by atoms with Gasteiger partial charge in [0.15, 0.2) is 0 Å². The van der Waals surface area contributed by atoms with Gasteiger partial charge in [0.05, 0.1) is 17.6 Å². The molecule has 6 heteroatoms. The number of nitrogens with zero attached hydrogens (tertiary/aromatic N) is 2. The van der Waals surface area contributed by atoms with Crippen molar-refractivity contribution >= 4 is 17.0 Å². The van der Waals surface area contributed by atoms with E-state index < -0.39 is 0 Å². The van der Waals surface area contributed by atoms with Gasteiger partial charge in [-0.2, -0.15) is 0 Å². The third-order valence-corrected chi connectivity index (χ3v) is 3.01. The van der Waals surface area contributed by atoms with Gasteiger partial charge in [0.1, 0.15) is 6.54 Å². The predicted octanol–water partition coefficient (Wildman–Crippen LogP) is -0.988. The smallest absolute Gasteiger partial charge is 1.00 e. The molecule has 0 radical (unpaired) electrons. The number of aromatic nitrogens is 2. The zero-order valence-corrected chi connectivity index (χ0v) is 13.3. The fourth-order valence-electron chi connectivity index (χ4n) is 2.24. The minimum Gasteiger partial charge on any atom is -1.00 e. The third kappa shape index (κ3) is 3.12. The number of hydrogen-bond acceptors (Lipinski definition) is 3. The van der Waals surface area contributed by atoms with Crippen LogP contribution in [0.5, 0.6) is 0 Å². The van der Waals surface area contributed by atoms with E-state index >= 15 is 0 Å². The largest absolute Gasteiger partial charge is 1.00 e. The molecule has 0 aliphatic carbocycles. The van der Waals surface area contributed by atoms with E-state index in [1.54, 1.807) is 11.5 Å². The van der Waals surface area contributed by atoms with Crippen LogP contribution in [0.2, 0.25) is 0 Å². The van der Waals surface area contributed by atoms with Crippen LogP contribution in [-0.4, -0.2) is 21.7 Å². The van der Waals surface area contributed by atoms with Crippen LogP contribution in [0.25, 0.3) is 11.0 Å². The lowest BCUT2D eigenvalue weighted by atomic mass is 10.3. The number of benzene rings is 1. The number of rotatable bonds is 5. The number of esters is 1. The van der Waals surface area contributed by atoms with Crippen molar-refractivity contribution in [2.24, 2.45) is 0 Å². The van der Waals surface area contributed by atoms with Crippen molar-refractivity contribution in [1.82, 2.24) is 9.13 Å². The zero-order chi connectivity index (χ0) is 13.8. The number of imidazole rings is 1. The van der Waals surface area contributed by atoms with Gasteiger partial charge in [-0.25, -0.2) is 0 Å². The molecule has 1 aromatic heterocycles. The molecular formula is C14H20BrN3O2. The molecule has 0 spiro atoms. The van der Waals surface area contributed by atoms with Crippen LogP contribution in [-0.2, 0) is 22.6 Å². The average molecular weight is 342 g/mol. The number of aryl methyl sites for hydroxylation is 1. The van der Waals surface area contributed by atoms with Crippen molar-refractivity contribution in [3.05, 3.63) is 29.9 Å². The molecule has 110 valence electrons. The SMILES string of the molecule is CCCn1c(=N)n(CC(=O)OCC)c2ccccc21.[Br-].[H+]. The first-order valence-corrected chi connectivity index (χ1v) is 6.57. The van der Waals surface area contributed by atoms with Gasteiger partial charge < -0.3 is 26.3 Å². The molecule has 1 aromatic carbocycles. The second kappa shape index (κ2) is 7.28. The molecule has 20 heavy (non-hydrogen) atoms. The fraction of sp³-hybridized carbons (Fsp3) is 0.429. The van der Waals surface area contributed by atoms with Gasteiger partial charge in [0.25, 0.3) is 0 Å². The summed E-state index contributed by atoms with van der Waals surface area (Å²) in [5.41, 5.74) is 2.23. The number of hydrogen-bond donors (Lipinski definition) is 1. The number of ether oxygens (including phenoxy) is 1. The van der Waals surface area contributed by atoms with Crippen LogP contribution in [0, 0.1) is 5.41 Å². The second-order valence-corrected chi connectivity index (χ2v) is 4.36. The van der Waals surface area contributed by atoms with Crippen molar-refractivity contribution in [3.8, 4) is 0 Å². The molecule has 1 heterocycles. The minimum atomic E-state index is -0.305. The van der Waals surface area contributed by atoms with Crippen LogP contribution in [0.15, 0.2) is 24.3 Å². The molecule has 2 aromatic rings. The number of fused-ring (bicyclic) bond motifs is 1. The number of carbonyl (C=O) groups is 1. The molecule has 2 rings (SSSR count). The molecule has 0 saturated heterocycles. The van der Waals surface area contributed by atoms with Gasteiger partial charge >= 0.3 is 7.40 Å². The molecular weight excluding hydrogens is 322 g/mol. The highest BCUT2D eigenvalue weighted by atomic mass is 79.9. The Labute approximate surface area is 129 Å². The van der Waals surface area contributed by atoms with Crippen molar-refractivity contribution < 1.29 is 27.9 Å². The highest BCUT2D eigenvalue weighted by Gasteiger charge is 2.12. The maximum atomic E-state index is 11.6. The van der Waals surface area contributed by atoms with Crippen LogP contribution in [0.1, 0.15) is 21.7 Å². The summed E-state index contributed by atoms with van der Waals surface area (Å²) in [6.45, 7) is 5.08. The monoisotopic (exact) mass is 341 g/mol. The minimum absolute atomic E-state index is 0. The molecule has 0 saturated carbocycles. The van der Waals surface area contributed by atoms with Gasteiger partial charge in [-0.3, -0.25) is 14.8 Å². The van der Waals surface area contributed by atoms with E-state index in [4.69, 9.17) is 10.1 Å². The summed E-state index contributed by atoms with van der Waals surface area (Å²) >= 11 is 0. The summed E-state index contributed by atoms with van der Waals surface area (Å²) in [4.78, 5) is 11.6. The topological polar surface area (TPSA) is 60.0 Å². The van der Waals surface area contributed by atoms with E-state index in [1.165, 1.54) is 0 Å². The molecule has 0 atom stereocenters. The standard InChI is InChI=1S/C14H19N3O2.BrH/c1-3-9-16-11-7-5-6-8-12(11)17(14(16)15)10-13(18)19-4-2;/h5-8,15H,3-4,9-10H2,1-2H3;1H. The van der Waals surface area contributed by atoms with Crippen molar-refractivity contribution in [2.45, 2.75) is 33.4 Å². The van der Waals surface area contributed by atoms with E-state index in [1.807, 2.05) is 28.8 Å². The Morgan fingerprint density at radius 1 is 1.25 bits per heavy atom. The average Bonchev–Trinajstić information content (AvgIpc) is 2.66. The Hall–Kier alpha value is -1.56. The van der Waals surface area contributed by atoms with E-state index in [9.17, 15) is 4.79 Å². The van der Waals surface area contributed by atoms with Gasteiger partial charge in [-0.05, 0) is 25.5 Å². The second-order valence-electron chi connectivity index (χ2n) is 4.36. The van der Waals surface area contributed by atoms with Crippen molar-refractivity contribution in [1.29, 1.82) is 5.41 Å². The van der Waals surface area contributed by atoms with E-state index in [0.717, 1.165) is 24.0 Å². The summed E-state index contributed by atoms with van der Waals surface area (Å²) in [5, 5.41) is 8.22. The lowest BCUT2D eigenvalue weighted by Crippen LogP contribution is -3.00. The maximum Gasteiger partial charge on any atom is 1.00 e. The maximum absolute atomic E-state index is 11.6. The molecule has 1 N–H and O–H groups in total. The fourth-order valence-corrected chi connectivity index (χ4v) is 2.24. The van der Waals surface area contributed by atoms with Crippen LogP contribution >= 0.6 is 0 Å². The lowest BCUT2D eigenvalue weighted by molar-refractivity contribution is -0.143. The Bertz CT molecular complexity index is 651. The Balaban J connectivity index is 0.00000200. The number of carbonyl (C=O) groups excluding carboxylic acids is 1. The highest BCUT2D eigenvalue weighted by molar-refractivity contribution is 5.78. The summed E-state index contributed by atoms with van der Waals surface area (Å²) in [6.07, 6.45) is 0.948. The summed E-state index contributed by atoms with van der Waals surface area (Å²) in [5.74, 6) is -0.305. The van der Waals surface area contributed by atoms with Crippen LogP contribution < -0.4 is 22.6 Å². The van der Waals surface area contributed by atoms with Crippen molar-refractivity contribution in [2.75, 3.05) is 6.61 Å². The van der Waals surface area contributed by atoms with E-state index in [0.29, 0.717) is 12.2 Å². The molecule has 0 aliphatic rings. The molecule has 0 amide bonds. The molecule has 0 bridgehead atoms. The Kier molecular flexibility index (Phi) is 6.01. The normalized spacial score (nSPS) is 10.3. The van der Waals surface area contributed by atoms with Crippen molar-refractivity contribution in [3.63, 3.8) is 0 Å². The summed E-state index contributed by atoms with van der Waals surface area (Å²) in [7, 11) is 0. The van der Waals surface area contributed by atoms with Gasteiger partial charge in [-0.15, -0.1) is 0 Å². The van der Waals surface area contributed by atoms with Crippen LogP contribution in [0.3, 0.4) is 0 Å². The first kappa shape index (κ1) is 16.5. The third-order valence-electron chi connectivity index (χ3n) is 3.01. The summed E-state index contributed by atoms with van der Waals surface area (Å²) < 4.78 is 8.59. The quantitative estimate of drug-likeness (QED) is 0.710. The molecule has 0 unspecified atom stereocenters. The number of nitrogens with one attached hydrogen (secondary N) is 1. The number of para-hydroxylation sites is 2. The highest BCUT2D eigenvalue weighted by Crippen LogP contribution is 2.13. The molecule has 0 aliphatic heterocycles. The molecule has 0 fully saturated rings. The predicted molar refractivity (Wildman–Crippen MR) is 73.8 cm³/mol. The Morgan fingerprint density at radius 2 is 1.85 bits per heavy atom. The molecule has 5 nitrogen and oxygen atoms in total. The Morgan fingerprint density at radius 3 is 2.40 bits per heavy atom. The van der Waals surface area contributed by atoms with Gasteiger partial charge in [0, 0.05) is 6.54 Å². The first-order valence-electron chi connectivity index (χ1n) is 6.57. The first-order chi connectivity index (χ1) is 9.19. The van der Waals surface area contributed by atoms with E-state index in [2.05, 4.69) is 6.92 Å². The lowest BCUT2D eigenvalue weighted by Gasteiger charge is -2.04. The van der Waals surface area contributed by atoms with Gasteiger partial charge in [0.2, 0.25) is 5.62 Å².